The maximum absolute atomic E-state index is 14.7. The molecule has 1 saturated heterocycles. The smallest absolute Gasteiger partial charge is 0.135 e. The van der Waals surface area contributed by atoms with Crippen molar-refractivity contribution < 1.29 is 8.78 Å². The van der Waals surface area contributed by atoms with E-state index in [-0.39, 0.29) is 17.2 Å². The molecular weight excluding hydrogens is 428 g/mol. The van der Waals surface area contributed by atoms with Gasteiger partial charge in [0.2, 0.25) is 0 Å². The lowest BCUT2D eigenvalue weighted by Gasteiger charge is -2.29. The topological polar surface area (TPSA) is 29.0 Å². The van der Waals surface area contributed by atoms with E-state index in [9.17, 15) is 8.78 Å². The van der Waals surface area contributed by atoms with E-state index in [1.54, 1.807) is 6.20 Å². The number of likely N-dealkylation sites (tertiary alicyclic amines) is 1. The number of rotatable bonds is 3. The van der Waals surface area contributed by atoms with Gasteiger partial charge >= 0.3 is 0 Å². The molecule has 4 aromatic rings. The third-order valence-corrected chi connectivity index (χ3v) is 6.58. The minimum absolute atomic E-state index is 0.156. The van der Waals surface area contributed by atoms with Gasteiger partial charge in [-0.2, -0.15) is 0 Å². The molecule has 32 heavy (non-hydrogen) atoms. The van der Waals surface area contributed by atoms with Crippen molar-refractivity contribution >= 4 is 22.5 Å². The van der Waals surface area contributed by atoms with Gasteiger partial charge in [0.1, 0.15) is 17.3 Å². The fourth-order valence-electron chi connectivity index (χ4n) is 4.49. The van der Waals surface area contributed by atoms with Crippen LogP contribution in [-0.4, -0.2) is 35.0 Å². The third-order valence-electron chi connectivity index (χ3n) is 6.25. The number of hydrogen-bond acceptors (Lipinski definition) is 3. The number of pyridine rings is 2. The average Bonchev–Trinajstić information content (AvgIpc) is 2.79. The summed E-state index contributed by atoms with van der Waals surface area (Å²) in [5.74, 6) is -1.05. The van der Waals surface area contributed by atoms with Gasteiger partial charge in [-0.15, -0.1) is 0 Å². The first-order chi connectivity index (χ1) is 15.5. The molecule has 0 spiro atoms. The molecule has 0 unspecified atom stereocenters. The highest BCUT2D eigenvalue weighted by molar-refractivity contribution is 6.33. The Morgan fingerprint density at radius 2 is 1.66 bits per heavy atom. The summed E-state index contributed by atoms with van der Waals surface area (Å²) in [7, 11) is 2.11. The second kappa shape index (κ2) is 8.57. The molecule has 162 valence electrons. The Balaban J connectivity index is 1.80. The van der Waals surface area contributed by atoms with E-state index in [4.69, 9.17) is 16.6 Å². The number of piperidine rings is 1. The first-order valence-electron chi connectivity index (χ1n) is 10.7. The SMILES string of the molecule is CN1CCC(c2cc(-c3ccccc3Cl)c3ccnc(-c4c(F)cccc4F)c3n2)CC1. The Kier molecular flexibility index (Phi) is 5.62. The molecule has 3 nitrogen and oxygen atoms in total. The van der Waals surface area contributed by atoms with E-state index in [1.165, 1.54) is 18.2 Å². The quantitative estimate of drug-likeness (QED) is 0.348. The number of fused-ring (bicyclic) bond motifs is 1. The second-order valence-corrected chi connectivity index (χ2v) is 8.71. The fourth-order valence-corrected chi connectivity index (χ4v) is 4.73. The van der Waals surface area contributed by atoms with Crippen molar-refractivity contribution in [2.24, 2.45) is 0 Å². The lowest BCUT2D eigenvalue weighted by Crippen LogP contribution is -2.29. The van der Waals surface area contributed by atoms with Gasteiger partial charge in [-0.05, 0) is 68.9 Å². The zero-order valence-corrected chi connectivity index (χ0v) is 18.4. The van der Waals surface area contributed by atoms with E-state index in [0.29, 0.717) is 10.5 Å². The van der Waals surface area contributed by atoms with E-state index in [0.717, 1.165) is 48.1 Å². The number of nitrogens with zero attached hydrogens (tertiary/aromatic N) is 3. The van der Waals surface area contributed by atoms with Gasteiger partial charge in [0.25, 0.3) is 0 Å². The summed E-state index contributed by atoms with van der Waals surface area (Å²) in [6, 6.07) is 15.4. The van der Waals surface area contributed by atoms with Crippen LogP contribution in [0, 0.1) is 11.6 Å². The van der Waals surface area contributed by atoms with E-state index in [1.807, 2.05) is 30.3 Å². The van der Waals surface area contributed by atoms with Gasteiger partial charge in [-0.1, -0.05) is 35.9 Å². The Hall–Kier alpha value is -2.89. The Morgan fingerprint density at radius 1 is 0.938 bits per heavy atom. The van der Waals surface area contributed by atoms with Crippen molar-refractivity contribution in [1.29, 1.82) is 0 Å². The molecule has 0 saturated carbocycles. The zero-order chi connectivity index (χ0) is 22.2. The third kappa shape index (κ3) is 3.76. The van der Waals surface area contributed by atoms with Crippen molar-refractivity contribution in [3.8, 4) is 22.4 Å². The molecule has 0 radical (unpaired) electrons. The van der Waals surface area contributed by atoms with Crippen LogP contribution in [0.1, 0.15) is 24.5 Å². The zero-order valence-electron chi connectivity index (χ0n) is 17.7. The summed E-state index contributed by atoms with van der Waals surface area (Å²) < 4.78 is 29.4. The molecular formula is C26H22ClF2N3. The molecule has 1 aliphatic heterocycles. The van der Waals surface area contributed by atoms with Crippen molar-refractivity contribution in [3.63, 3.8) is 0 Å². The normalized spacial score (nSPS) is 15.4. The highest BCUT2D eigenvalue weighted by Crippen LogP contribution is 2.39. The standard InChI is InChI=1S/C26H22ClF2N3/c1-32-13-10-16(11-14-32)23-15-19(17-5-2-3-6-20(17)27)18-9-12-30-26(25(18)31-23)24-21(28)7-4-8-22(24)29/h2-9,12,15-16H,10-11,13-14H2,1H3. The van der Waals surface area contributed by atoms with Crippen LogP contribution in [-0.2, 0) is 0 Å². The van der Waals surface area contributed by atoms with E-state index < -0.39 is 11.6 Å². The molecule has 1 aliphatic rings. The van der Waals surface area contributed by atoms with Gasteiger partial charge in [0, 0.05) is 33.8 Å². The molecule has 6 heteroatoms. The molecule has 2 aromatic heterocycles. The molecule has 3 heterocycles. The summed E-state index contributed by atoms with van der Waals surface area (Å²) in [4.78, 5) is 11.6. The Morgan fingerprint density at radius 3 is 2.38 bits per heavy atom. The van der Waals surface area contributed by atoms with E-state index >= 15 is 0 Å². The highest BCUT2D eigenvalue weighted by Gasteiger charge is 2.24. The minimum Gasteiger partial charge on any atom is -0.306 e. The number of halogens is 3. The molecule has 2 aromatic carbocycles. The maximum Gasteiger partial charge on any atom is 0.135 e. The maximum atomic E-state index is 14.7. The van der Waals surface area contributed by atoms with Crippen LogP contribution in [0.5, 0.6) is 0 Å². The predicted octanol–water partition coefficient (Wildman–Crippen LogP) is 6.70. The number of benzene rings is 2. The van der Waals surface area contributed by atoms with Crippen LogP contribution in [0.25, 0.3) is 33.3 Å². The predicted molar refractivity (Wildman–Crippen MR) is 125 cm³/mol. The van der Waals surface area contributed by atoms with Crippen LogP contribution >= 0.6 is 11.6 Å². The Labute approximate surface area is 190 Å². The Bertz CT molecular complexity index is 1280. The average molecular weight is 450 g/mol. The molecule has 1 fully saturated rings. The van der Waals surface area contributed by atoms with Crippen molar-refractivity contribution in [2.45, 2.75) is 18.8 Å². The summed E-state index contributed by atoms with van der Waals surface area (Å²) in [6.07, 6.45) is 3.52. The summed E-state index contributed by atoms with van der Waals surface area (Å²) in [5.41, 5.74) is 3.21. The monoisotopic (exact) mass is 449 g/mol. The van der Waals surface area contributed by atoms with Crippen molar-refractivity contribution in [3.05, 3.63) is 83.1 Å². The second-order valence-electron chi connectivity index (χ2n) is 8.30. The summed E-state index contributed by atoms with van der Waals surface area (Å²) in [6.45, 7) is 1.96. The van der Waals surface area contributed by atoms with Gasteiger partial charge in [0.15, 0.2) is 0 Å². The summed E-state index contributed by atoms with van der Waals surface area (Å²) in [5, 5.41) is 1.38. The van der Waals surface area contributed by atoms with E-state index in [2.05, 4.69) is 23.0 Å². The largest absolute Gasteiger partial charge is 0.306 e. The van der Waals surface area contributed by atoms with Gasteiger partial charge < -0.3 is 4.90 Å². The van der Waals surface area contributed by atoms with Crippen LogP contribution in [0.4, 0.5) is 8.78 Å². The molecule has 0 aliphatic carbocycles. The molecule has 0 atom stereocenters. The van der Waals surface area contributed by atoms with Crippen molar-refractivity contribution in [2.75, 3.05) is 20.1 Å². The first-order valence-corrected chi connectivity index (χ1v) is 11.1. The lowest BCUT2D eigenvalue weighted by molar-refractivity contribution is 0.253. The molecule has 0 amide bonds. The van der Waals surface area contributed by atoms with Crippen LogP contribution < -0.4 is 0 Å². The van der Waals surface area contributed by atoms with Gasteiger partial charge in [-0.25, -0.2) is 8.78 Å². The molecule has 0 N–H and O–H groups in total. The first kappa shape index (κ1) is 21.0. The van der Waals surface area contributed by atoms with Crippen molar-refractivity contribution in [1.82, 2.24) is 14.9 Å². The lowest BCUT2D eigenvalue weighted by atomic mass is 9.90. The summed E-state index contributed by atoms with van der Waals surface area (Å²) >= 11 is 6.56. The van der Waals surface area contributed by atoms with Crippen LogP contribution in [0.3, 0.4) is 0 Å². The van der Waals surface area contributed by atoms with Gasteiger partial charge in [0.05, 0.1) is 11.1 Å². The van der Waals surface area contributed by atoms with Crippen LogP contribution in [0.15, 0.2) is 60.8 Å². The number of hydrogen-bond donors (Lipinski definition) is 0. The number of aromatic nitrogens is 2. The fraction of sp³-hybridized carbons (Fsp3) is 0.231. The minimum atomic E-state index is -0.657. The molecule has 0 bridgehead atoms. The van der Waals surface area contributed by atoms with Crippen LogP contribution in [0.2, 0.25) is 5.02 Å². The van der Waals surface area contributed by atoms with Gasteiger partial charge in [-0.3, -0.25) is 9.97 Å². The highest BCUT2D eigenvalue weighted by atomic mass is 35.5. The molecule has 5 rings (SSSR count).